The van der Waals surface area contributed by atoms with E-state index < -0.39 is 0 Å². The average molecular weight is 166 g/mol. The molecule has 1 aromatic rings. The molecule has 0 fully saturated rings. The first kappa shape index (κ1) is 7.27. The first-order valence-corrected chi connectivity index (χ1v) is 3.99. The predicted molar refractivity (Wildman–Crippen MR) is 44.4 cm³/mol. The molecule has 12 heavy (non-hydrogen) atoms. The van der Waals surface area contributed by atoms with Gasteiger partial charge in [-0.05, 0) is 0 Å². The standard InChI is InChI=1S/C7H10N4O/c1-2-6-9-7(12-10-6)11-4-3-8-5-11/h5H,2-4H2,1H3. The molecule has 0 amide bonds. The maximum absolute atomic E-state index is 5.01. The van der Waals surface area contributed by atoms with Gasteiger partial charge in [0.2, 0.25) is 0 Å². The molecule has 64 valence electrons. The normalized spacial score (nSPS) is 15.9. The summed E-state index contributed by atoms with van der Waals surface area (Å²) in [4.78, 5) is 10.1. The van der Waals surface area contributed by atoms with E-state index in [-0.39, 0.29) is 0 Å². The second-order valence-corrected chi connectivity index (χ2v) is 2.56. The number of rotatable bonds is 2. The lowest BCUT2D eigenvalue weighted by molar-refractivity contribution is 0.417. The summed E-state index contributed by atoms with van der Waals surface area (Å²) in [5.74, 6) is 0.741. The van der Waals surface area contributed by atoms with E-state index in [1.54, 1.807) is 6.34 Å². The third-order valence-corrected chi connectivity index (χ3v) is 1.71. The largest absolute Gasteiger partial charge is 0.329 e. The van der Waals surface area contributed by atoms with E-state index in [1.165, 1.54) is 0 Å². The SMILES string of the molecule is CCc1noc(N2C=NCC2)n1. The van der Waals surface area contributed by atoms with Crippen LogP contribution in [0.4, 0.5) is 6.01 Å². The van der Waals surface area contributed by atoms with Gasteiger partial charge in [0.25, 0.3) is 0 Å². The third-order valence-electron chi connectivity index (χ3n) is 1.71. The molecule has 0 spiro atoms. The predicted octanol–water partition coefficient (Wildman–Crippen LogP) is 0.480. The van der Waals surface area contributed by atoms with Gasteiger partial charge < -0.3 is 4.52 Å². The van der Waals surface area contributed by atoms with Gasteiger partial charge >= 0.3 is 6.01 Å². The highest BCUT2D eigenvalue weighted by molar-refractivity contribution is 5.76. The van der Waals surface area contributed by atoms with Crippen LogP contribution in [-0.4, -0.2) is 29.6 Å². The van der Waals surface area contributed by atoms with Crippen molar-refractivity contribution in [3.8, 4) is 0 Å². The molecule has 2 rings (SSSR count). The van der Waals surface area contributed by atoms with Crippen LogP contribution in [-0.2, 0) is 6.42 Å². The molecule has 0 saturated carbocycles. The summed E-state index contributed by atoms with van der Waals surface area (Å²) in [6.45, 7) is 3.64. The highest BCUT2D eigenvalue weighted by Gasteiger charge is 2.14. The number of aliphatic imine (C=N–C) groups is 1. The lowest BCUT2D eigenvalue weighted by Gasteiger charge is -2.04. The van der Waals surface area contributed by atoms with Crippen molar-refractivity contribution in [2.45, 2.75) is 13.3 Å². The summed E-state index contributed by atoms with van der Waals surface area (Å²) in [6.07, 6.45) is 2.53. The monoisotopic (exact) mass is 166 g/mol. The molecule has 1 aromatic heterocycles. The fourth-order valence-corrected chi connectivity index (χ4v) is 1.03. The lowest BCUT2D eigenvalue weighted by Crippen LogP contribution is -2.18. The van der Waals surface area contributed by atoms with Crippen molar-refractivity contribution < 1.29 is 4.52 Å². The topological polar surface area (TPSA) is 54.5 Å². The third kappa shape index (κ3) is 1.17. The second-order valence-electron chi connectivity index (χ2n) is 2.56. The van der Waals surface area contributed by atoms with Crippen molar-refractivity contribution in [3.63, 3.8) is 0 Å². The van der Waals surface area contributed by atoms with Crippen molar-refractivity contribution in [1.82, 2.24) is 10.1 Å². The van der Waals surface area contributed by atoms with Crippen LogP contribution in [0.3, 0.4) is 0 Å². The van der Waals surface area contributed by atoms with E-state index in [1.807, 2.05) is 11.8 Å². The molecule has 0 bridgehead atoms. The van der Waals surface area contributed by atoms with Crippen molar-refractivity contribution >= 4 is 12.4 Å². The Morgan fingerprint density at radius 2 is 2.58 bits per heavy atom. The molecule has 1 aliphatic heterocycles. The Balaban J connectivity index is 2.16. The minimum absolute atomic E-state index is 0.549. The summed E-state index contributed by atoms with van der Waals surface area (Å²) in [5, 5.41) is 3.79. The second kappa shape index (κ2) is 2.92. The molecule has 0 unspecified atom stereocenters. The summed E-state index contributed by atoms with van der Waals surface area (Å²) in [7, 11) is 0. The molecule has 1 aliphatic rings. The number of anilines is 1. The van der Waals surface area contributed by atoms with Gasteiger partial charge in [-0.1, -0.05) is 12.1 Å². The minimum atomic E-state index is 0.549. The molecule has 0 radical (unpaired) electrons. The van der Waals surface area contributed by atoms with Crippen LogP contribution in [0.25, 0.3) is 0 Å². The first-order valence-electron chi connectivity index (χ1n) is 3.99. The Hall–Kier alpha value is -1.39. The number of nitrogens with zero attached hydrogens (tertiary/aromatic N) is 4. The highest BCUT2D eigenvalue weighted by atomic mass is 16.5. The van der Waals surface area contributed by atoms with E-state index in [0.717, 1.165) is 25.3 Å². The van der Waals surface area contributed by atoms with Crippen molar-refractivity contribution in [2.75, 3.05) is 18.0 Å². The molecular formula is C7H10N4O. The fraction of sp³-hybridized carbons (Fsp3) is 0.571. The van der Waals surface area contributed by atoms with Gasteiger partial charge in [0, 0.05) is 13.0 Å². The van der Waals surface area contributed by atoms with Crippen LogP contribution in [0.5, 0.6) is 0 Å². The van der Waals surface area contributed by atoms with Crippen molar-refractivity contribution in [1.29, 1.82) is 0 Å². The minimum Gasteiger partial charge on any atom is -0.315 e. The highest BCUT2D eigenvalue weighted by Crippen LogP contribution is 2.11. The van der Waals surface area contributed by atoms with E-state index in [2.05, 4.69) is 15.1 Å². The Labute approximate surface area is 70.1 Å². The van der Waals surface area contributed by atoms with Gasteiger partial charge in [0.05, 0.1) is 12.9 Å². The maximum atomic E-state index is 5.01. The van der Waals surface area contributed by atoms with Crippen LogP contribution in [0.1, 0.15) is 12.7 Å². The molecule has 0 aromatic carbocycles. The van der Waals surface area contributed by atoms with E-state index in [9.17, 15) is 0 Å². The van der Waals surface area contributed by atoms with Gasteiger partial charge in [0.15, 0.2) is 5.82 Å². The van der Waals surface area contributed by atoms with Crippen molar-refractivity contribution in [2.24, 2.45) is 4.99 Å². The quantitative estimate of drug-likeness (QED) is 0.641. The zero-order valence-electron chi connectivity index (χ0n) is 6.90. The summed E-state index contributed by atoms with van der Waals surface area (Å²) >= 11 is 0. The number of hydrogen-bond acceptors (Lipinski definition) is 5. The molecule has 5 heteroatoms. The Bertz CT molecular complexity index is 293. The summed E-state index contributed by atoms with van der Waals surface area (Å²) in [6, 6.07) is 0.549. The lowest BCUT2D eigenvalue weighted by atomic mass is 10.5. The van der Waals surface area contributed by atoms with E-state index in [0.29, 0.717) is 6.01 Å². The molecular weight excluding hydrogens is 156 g/mol. The van der Waals surface area contributed by atoms with Crippen LogP contribution in [0.15, 0.2) is 9.52 Å². The zero-order valence-corrected chi connectivity index (χ0v) is 6.90. The Morgan fingerprint density at radius 3 is 3.17 bits per heavy atom. The number of aryl methyl sites for hydroxylation is 1. The number of hydrogen-bond donors (Lipinski definition) is 0. The first-order chi connectivity index (χ1) is 5.90. The van der Waals surface area contributed by atoms with Crippen LogP contribution in [0.2, 0.25) is 0 Å². The van der Waals surface area contributed by atoms with Crippen molar-refractivity contribution in [3.05, 3.63) is 5.82 Å². The Morgan fingerprint density at radius 1 is 1.67 bits per heavy atom. The molecule has 2 heterocycles. The van der Waals surface area contributed by atoms with Crippen LogP contribution in [0, 0.1) is 0 Å². The number of aromatic nitrogens is 2. The van der Waals surface area contributed by atoms with Crippen LogP contribution >= 0.6 is 0 Å². The Kier molecular flexibility index (Phi) is 1.77. The van der Waals surface area contributed by atoms with Crippen LogP contribution < -0.4 is 4.90 Å². The smallest absolute Gasteiger partial charge is 0.315 e. The maximum Gasteiger partial charge on any atom is 0.329 e. The van der Waals surface area contributed by atoms with Gasteiger partial charge in [-0.25, -0.2) is 0 Å². The van der Waals surface area contributed by atoms with Gasteiger partial charge in [0.1, 0.15) is 0 Å². The molecule has 0 atom stereocenters. The summed E-state index contributed by atoms with van der Waals surface area (Å²) in [5.41, 5.74) is 0. The average Bonchev–Trinajstić information content (AvgIpc) is 2.75. The van der Waals surface area contributed by atoms with Gasteiger partial charge in [-0.3, -0.25) is 9.89 Å². The zero-order chi connectivity index (χ0) is 8.39. The van der Waals surface area contributed by atoms with Gasteiger partial charge in [-0.2, -0.15) is 4.98 Å². The molecule has 0 N–H and O–H groups in total. The summed E-state index contributed by atoms with van der Waals surface area (Å²) < 4.78 is 5.01. The molecule has 0 aliphatic carbocycles. The van der Waals surface area contributed by atoms with E-state index in [4.69, 9.17) is 4.52 Å². The molecule has 0 saturated heterocycles. The van der Waals surface area contributed by atoms with Gasteiger partial charge in [-0.15, -0.1) is 0 Å². The van der Waals surface area contributed by atoms with E-state index >= 15 is 0 Å². The fourth-order valence-electron chi connectivity index (χ4n) is 1.03. The molecule has 5 nitrogen and oxygen atoms in total.